The lowest BCUT2D eigenvalue weighted by Crippen LogP contribution is -3.10. The van der Waals surface area contributed by atoms with E-state index in [9.17, 15) is 0 Å². The summed E-state index contributed by atoms with van der Waals surface area (Å²) in [5.74, 6) is 0. The molecule has 0 saturated carbocycles. The zero-order valence-corrected chi connectivity index (χ0v) is 9.30. The molecule has 0 aliphatic carbocycles. The van der Waals surface area contributed by atoms with Crippen molar-refractivity contribution < 1.29 is 10.2 Å². The summed E-state index contributed by atoms with van der Waals surface area (Å²) in [6.07, 6.45) is 0. The summed E-state index contributed by atoms with van der Waals surface area (Å²) in [7, 11) is 4.49. The van der Waals surface area contributed by atoms with Crippen LogP contribution < -0.4 is 10.2 Å². The van der Waals surface area contributed by atoms with Crippen molar-refractivity contribution in [2.75, 3.05) is 20.6 Å². The molecule has 76 valence electrons. The summed E-state index contributed by atoms with van der Waals surface area (Å²) in [6, 6.07) is 7.54. The number of hydrogen-bond donors (Lipinski definition) is 2. The van der Waals surface area contributed by atoms with Gasteiger partial charge in [-0.3, -0.25) is 0 Å². The second-order valence-electron chi connectivity index (χ2n) is 4.56. The Labute approximate surface area is 85.9 Å². The molecule has 1 atom stereocenters. The van der Waals surface area contributed by atoms with Gasteiger partial charge < -0.3 is 10.2 Å². The molecule has 0 unspecified atom stereocenters. The molecule has 2 heteroatoms. The third kappa shape index (κ3) is 1.68. The van der Waals surface area contributed by atoms with Gasteiger partial charge in [0.05, 0.1) is 14.1 Å². The zero-order chi connectivity index (χ0) is 10.1. The van der Waals surface area contributed by atoms with Crippen LogP contribution in [0.15, 0.2) is 18.2 Å². The fourth-order valence-corrected chi connectivity index (χ4v) is 2.30. The lowest BCUT2D eigenvalue weighted by Gasteiger charge is -2.26. The van der Waals surface area contributed by atoms with Crippen LogP contribution in [0.5, 0.6) is 0 Å². The summed E-state index contributed by atoms with van der Waals surface area (Å²) in [5.41, 5.74) is 4.47. The number of aryl methyl sites for hydroxylation is 1. The fraction of sp³-hybridized carbons (Fsp3) is 0.500. The normalized spacial score (nSPS) is 21.0. The maximum absolute atomic E-state index is 2.41. The molecule has 2 rings (SSSR count). The van der Waals surface area contributed by atoms with Crippen molar-refractivity contribution in [2.45, 2.75) is 19.5 Å². The average molecular weight is 192 g/mol. The molecule has 1 aliphatic heterocycles. The molecule has 1 heterocycles. The van der Waals surface area contributed by atoms with Crippen molar-refractivity contribution in [3.63, 3.8) is 0 Å². The van der Waals surface area contributed by atoms with Gasteiger partial charge in [0.25, 0.3) is 0 Å². The molecule has 0 saturated heterocycles. The summed E-state index contributed by atoms with van der Waals surface area (Å²) in [6.45, 7) is 4.55. The Balaban J connectivity index is 2.41. The molecular weight excluding hydrogens is 172 g/mol. The van der Waals surface area contributed by atoms with E-state index in [0.717, 1.165) is 6.54 Å². The highest BCUT2D eigenvalue weighted by Crippen LogP contribution is 2.18. The van der Waals surface area contributed by atoms with Gasteiger partial charge in [0.15, 0.2) is 6.04 Å². The first-order chi connectivity index (χ1) is 6.68. The van der Waals surface area contributed by atoms with Crippen LogP contribution in [-0.4, -0.2) is 20.6 Å². The van der Waals surface area contributed by atoms with E-state index in [4.69, 9.17) is 0 Å². The number of nitrogens with one attached hydrogen (secondary N) is 1. The van der Waals surface area contributed by atoms with Crippen molar-refractivity contribution in [3.8, 4) is 0 Å². The van der Waals surface area contributed by atoms with Crippen LogP contribution in [0.25, 0.3) is 0 Å². The number of rotatable bonds is 1. The van der Waals surface area contributed by atoms with Crippen molar-refractivity contribution in [3.05, 3.63) is 34.9 Å². The molecule has 3 N–H and O–H groups in total. The van der Waals surface area contributed by atoms with Gasteiger partial charge in [0.1, 0.15) is 13.1 Å². The van der Waals surface area contributed by atoms with E-state index in [-0.39, 0.29) is 0 Å². The second kappa shape index (κ2) is 3.71. The molecule has 0 spiro atoms. The van der Waals surface area contributed by atoms with Crippen molar-refractivity contribution in [2.24, 2.45) is 0 Å². The van der Waals surface area contributed by atoms with Gasteiger partial charge in [0, 0.05) is 11.1 Å². The Morgan fingerprint density at radius 2 is 2.14 bits per heavy atom. The average Bonchev–Trinajstić information content (AvgIpc) is 2.16. The van der Waals surface area contributed by atoms with Crippen LogP contribution in [0.3, 0.4) is 0 Å². The topological polar surface area (TPSA) is 21.1 Å². The Morgan fingerprint density at radius 3 is 2.86 bits per heavy atom. The maximum Gasteiger partial charge on any atom is 0.163 e. The predicted molar refractivity (Wildman–Crippen MR) is 57.2 cm³/mol. The van der Waals surface area contributed by atoms with E-state index in [1.165, 1.54) is 22.6 Å². The van der Waals surface area contributed by atoms with Gasteiger partial charge in [-0.25, -0.2) is 0 Å². The van der Waals surface area contributed by atoms with Gasteiger partial charge in [-0.15, -0.1) is 0 Å². The lowest BCUT2D eigenvalue weighted by molar-refractivity contribution is -0.912. The molecule has 0 aromatic heterocycles. The van der Waals surface area contributed by atoms with E-state index in [0.29, 0.717) is 6.04 Å². The maximum atomic E-state index is 2.41. The molecule has 1 aromatic carbocycles. The number of hydrogen-bond acceptors (Lipinski definition) is 0. The highest BCUT2D eigenvalue weighted by molar-refractivity contribution is 5.33. The Hall–Kier alpha value is -0.860. The van der Waals surface area contributed by atoms with Crippen molar-refractivity contribution in [1.82, 2.24) is 0 Å². The second-order valence-corrected chi connectivity index (χ2v) is 4.56. The van der Waals surface area contributed by atoms with Gasteiger partial charge in [-0.1, -0.05) is 17.7 Å². The first kappa shape index (κ1) is 9.69. The predicted octanol–water partition coefficient (Wildman–Crippen LogP) is -0.742. The number of fused-ring (bicyclic) bond motifs is 1. The molecule has 14 heavy (non-hydrogen) atoms. The Bertz CT molecular complexity index is 331. The molecule has 1 aliphatic rings. The first-order valence-electron chi connectivity index (χ1n) is 5.39. The monoisotopic (exact) mass is 192 g/mol. The smallest absolute Gasteiger partial charge is 0.163 e. The van der Waals surface area contributed by atoms with Crippen molar-refractivity contribution >= 4 is 0 Å². The molecule has 0 amide bonds. The van der Waals surface area contributed by atoms with E-state index >= 15 is 0 Å². The minimum absolute atomic E-state index is 0.665. The highest BCUT2D eigenvalue weighted by atomic mass is 15.1. The van der Waals surface area contributed by atoms with E-state index < -0.39 is 0 Å². The van der Waals surface area contributed by atoms with E-state index in [1.807, 2.05) is 0 Å². The lowest BCUT2D eigenvalue weighted by atomic mass is 9.94. The largest absolute Gasteiger partial charge is 0.337 e. The van der Waals surface area contributed by atoms with Gasteiger partial charge in [-0.05, 0) is 13.0 Å². The number of quaternary nitrogens is 2. The summed E-state index contributed by atoms with van der Waals surface area (Å²) < 4.78 is 0. The number of nitrogens with two attached hydrogens (primary N) is 1. The molecule has 0 radical (unpaired) electrons. The van der Waals surface area contributed by atoms with Crippen LogP contribution in [0.1, 0.15) is 22.7 Å². The van der Waals surface area contributed by atoms with Crippen LogP contribution >= 0.6 is 0 Å². The third-order valence-corrected chi connectivity index (χ3v) is 3.14. The van der Waals surface area contributed by atoms with E-state index in [2.05, 4.69) is 44.5 Å². The van der Waals surface area contributed by atoms with Crippen LogP contribution in [0.4, 0.5) is 0 Å². The van der Waals surface area contributed by atoms with Crippen LogP contribution in [-0.2, 0) is 6.54 Å². The Kier molecular flexibility index (Phi) is 2.57. The van der Waals surface area contributed by atoms with Gasteiger partial charge in [-0.2, -0.15) is 0 Å². The van der Waals surface area contributed by atoms with Gasteiger partial charge in [0.2, 0.25) is 0 Å². The summed E-state index contributed by atoms with van der Waals surface area (Å²) in [4.78, 5) is 1.54. The summed E-state index contributed by atoms with van der Waals surface area (Å²) >= 11 is 0. The quantitative estimate of drug-likeness (QED) is 0.585. The van der Waals surface area contributed by atoms with Crippen LogP contribution in [0.2, 0.25) is 0 Å². The Morgan fingerprint density at radius 1 is 1.36 bits per heavy atom. The van der Waals surface area contributed by atoms with Crippen molar-refractivity contribution in [1.29, 1.82) is 0 Å². The molecule has 2 nitrogen and oxygen atoms in total. The fourth-order valence-electron chi connectivity index (χ4n) is 2.30. The summed E-state index contributed by atoms with van der Waals surface area (Å²) in [5, 5.41) is 2.41. The zero-order valence-electron chi connectivity index (χ0n) is 9.30. The van der Waals surface area contributed by atoms with E-state index in [1.54, 1.807) is 5.56 Å². The molecular formula is C12H20N2+2. The molecule has 0 bridgehead atoms. The van der Waals surface area contributed by atoms with Crippen LogP contribution in [0, 0.1) is 6.92 Å². The molecule has 1 aromatic rings. The SMILES string of the molecule is Cc1ccc2c(c1)[C@H]([NH+](C)C)C[NH2+]C2. The number of likely N-dealkylation sites (N-methyl/N-ethyl adjacent to an activating group) is 1. The standard InChI is InChI=1S/C12H18N2/c1-9-4-5-10-7-13-8-12(14(2)3)11(10)6-9/h4-6,12-13H,7-8H2,1-3H3/p+2/t12-/m1/s1. The third-order valence-electron chi connectivity index (χ3n) is 3.14. The molecule has 0 fully saturated rings. The highest BCUT2D eigenvalue weighted by Gasteiger charge is 2.27. The number of benzene rings is 1. The minimum Gasteiger partial charge on any atom is -0.337 e. The minimum atomic E-state index is 0.665. The first-order valence-corrected chi connectivity index (χ1v) is 5.39. The van der Waals surface area contributed by atoms with Gasteiger partial charge >= 0.3 is 0 Å².